The highest BCUT2D eigenvalue weighted by Crippen LogP contribution is 2.42. The quantitative estimate of drug-likeness (QED) is 0.214. The second-order valence-electron chi connectivity index (χ2n) is 7.73. The number of anilines is 1. The molecular formula is C26H20Cl2N2O5. The number of ketones is 1. The van der Waals surface area contributed by atoms with Gasteiger partial charge in [0.2, 0.25) is 0 Å². The number of aliphatic hydroxyl groups excluding tert-OH is 1. The van der Waals surface area contributed by atoms with E-state index in [9.17, 15) is 19.5 Å². The number of halogens is 2. The van der Waals surface area contributed by atoms with Crippen LogP contribution in [0, 0.1) is 0 Å². The third-order valence-corrected chi connectivity index (χ3v) is 6.24. The molecule has 1 fully saturated rings. The first-order valence-electron chi connectivity index (χ1n) is 10.7. The molecule has 35 heavy (non-hydrogen) atoms. The molecule has 0 saturated carbocycles. The van der Waals surface area contributed by atoms with Gasteiger partial charge in [0, 0.05) is 23.6 Å². The number of hydrogen-bond acceptors (Lipinski definition) is 6. The van der Waals surface area contributed by atoms with Crippen LogP contribution in [0.25, 0.3) is 5.76 Å². The molecule has 3 aromatic rings. The van der Waals surface area contributed by atoms with Crippen molar-refractivity contribution in [1.82, 2.24) is 4.98 Å². The van der Waals surface area contributed by atoms with E-state index in [1.54, 1.807) is 49.5 Å². The molecule has 0 spiro atoms. The number of rotatable bonds is 6. The fourth-order valence-corrected chi connectivity index (χ4v) is 4.20. The first-order valence-corrected chi connectivity index (χ1v) is 11.5. The van der Waals surface area contributed by atoms with Crippen LogP contribution in [0.15, 0.2) is 72.6 Å². The Kier molecular flexibility index (Phi) is 7.19. The number of carbonyl (C=O) groups excluding carboxylic acids is 3. The van der Waals surface area contributed by atoms with Crippen molar-refractivity contribution in [1.29, 1.82) is 0 Å². The van der Waals surface area contributed by atoms with E-state index in [1.165, 1.54) is 29.3 Å². The Morgan fingerprint density at radius 3 is 2.46 bits per heavy atom. The van der Waals surface area contributed by atoms with Crippen molar-refractivity contribution >= 4 is 52.3 Å². The van der Waals surface area contributed by atoms with Crippen LogP contribution in [0.4, 0.5) is 5.69 Å². The average Bonchev–Trinajstić information content (AvgIpc) is 3.12. The fourth-order valence-electron chi connectivity index (χ4n) is 3.90. The minimum Gasteiger partial charge on any atom is -0.507 e. The number of hydrogen-bond donors (Lipinski definition) is 1. The number of benzene rings is 2. The molecule has 0 bridgehead atoms. The summed E-state index contributed by atoms with van der Waals surface area (Å²) in [6.45, 7) is 2.01. The standard InChI is InChI=1S/C26H20Cl2N2O5/c1-2-35-21(31)12-15-5-8-18(9-6-15)30-23(17-4-3-11-29-14-17)22(25(33)26(30)34)24(32)16-7-10-19(27)20(28)13-16/h3-11,13-14,23,32H,2,12H2,1H3/b24-22-. The summed E-state index contributed by atoms with van der Waals surface area (Å²) in [6, 6.07) is 13.6. The van der Waals surface area contributed by atoms with Crippen molar-refractivity contribution in [2.24, 2.45) is 0 Å². The van der Waals surface area contributed by atoms with Gasteiger partial charge < -0.3 is 9.84 Å². The zero-order valence-corrected chi connectivity index (χ0v) is 20.1. The molecule has 9 heteroatoms. The minimum atomic E-state index is -0.936. The number of aromatic nitrogens is 1. The topological polar surface area (TPSA) is 96.8 Å². The molecule has 4 rings (SSSR count). The molecule has 1 saturated heterocycles. The van der Waals surface area contributed by atoms with E-state index < -0.39 is 17.7 Å². The van der Waals surface area contributed by atoms with Gasteiger partial charge in [0.1, 0.15) is 5.76 Å². The van der Waals surface area contributed by atoms with Crippen LogP contribution in [-0.4, -0.2) is 34.4 Å². The van der Waals surface area contributed by atoms with E-state index in [0.29, 0.717) is 16.8 Å². The number of pyridine rings is 1. The molecule has 1 aliphatic heterocycles. The van der Waals surface area contributed by atoms with Gasteiger partial charge in [0.15, 0.2) is 0 Å². The zero-order valence-electron chi connectivity index (χ0n) is 18.6. The van der Waals surface area contributed by atoms with Gasteiger partial charge in [-0.1, -0.05) is 41.4 Å². The largest absolute Gasteiger partial charge is 0.507 e. The van der Waals surface area contributed by atoms with Gasteiger partial charge >= 0.3 is 5.97 Å². The lowest BCUT2D eigenvalue weighted by Gasteiger charge is -2.25. The summed E-state index contributed by atoms with van der Waals surface area (Å²) in [7, 11) is 0. The third-order valence-electron chi connectivity index (χ3n) is 5.51. The SMILES string of the molecule is CCOC(=O)Cc1ccc(N2C(=O)C(=O)/C(=C(\O)c3ccc(Cl)c(Cl)c3)C2c2cccnc2)cc1. The van der Waals surface area contributed by atoms with E-state index >= 15 is 0 Å². The second kappa shape index (κ2) is 10.3. The highest BCUT2D eigenvalue weighted by molar-refractivity contribution is 6.51. The van der Waals surface area contributed by atoms with E-state index in [-0.39, 0.29) is 45.9 Å². The Hall–Kier alpha value is -3.68. The molecule has 2 aromatic carbocycles. The predicted molar refractivity (Wildman–Crippen MR) is 132 cm³/mol. The van der Waals surface area contributed by atoms with E-state index in [2.05, 4.69) is 4.98 Å². The monoisotopic (exact) mass is 510 g/mol. The minimum absolute atomic E-state index is 0.0797. The summed E-state index contributed by atoms with van der Waals surface area (Å²) in [5.74, 6) is -2.40. The van der Waals surface area contributed by atoms with Crippen LogP contribution in [0.2, 0.25) is 10.0 Å². The lowest BCUT2D eigenvalue weighted by atomic mass is 9.96. The second-order valence-corrected chi connectivity index (χ2v) is 8.55. The average molecular weight is 511 g/mol. The summed E-state index contributed by atoms with van der Waals surface area (Å²) in [5.41, 5.74) is 1.79. The smallest absolute Gasteiger partial charge is 0.310 e. The number of amides is 1. The molecule has 1 N–H and O–H groups in total. The third kappa shape index (κ3) is 4.92. The van der Waals surface area contributed by atoms with Crippen LogP contribution in [0.3, 0.4) is 0 Å². The molecule has 0 aliphatic carbocycles. The molecule has 2 heterocycles. The molecule has 1 aromatic heterocycles. The van der Waals surface area contributed by atoms with Crippen LogP contribution in [-0.2, 0) is 25.5 Å². The molecule has 1 unspecified atom stereocenters. The van der Waals surface area contributed by atoms with Gasteiger partial charge in [-0.2, -0.15) is 0 Å². The van der Waals surface area contributed by atoms with E-state index in [4.69, 9.17) is 27.9 Å². The summed E-state index contributed by atoms with van der Waals surface area (Å²) in [5, 5.41) is 11.6. The van der Waals surface area contributed by atoms with Crippen molar-refractivity contribution in [2.75, 3.05) is 11.5 Å². The maximum Gasteiger partial charge on any atom is 0.310 e. The Morgan fingerprint density at radius 2 is 1.83 bits per heavy atom. The van der Waals surface area contributed by atoms with Gasteiger partial charge in [0.05, 0.1) is 34.7 Å². The predicted octanol–water partition coefficient (Wildman–Crippen LogP) is 5.12. The Labute approximate surface area is 211 Å². The highest BCUT2D eigenvalue weighted by atomic mass is 35.5. The van der Waals surface area contributed by atoms with Gasteiger partial charge in [-0.3, -0.25) is 24.3 Å². The normalized spacial score (nSPS) is 17.0. The number of esters is 1. The first kappa shape index (κ1) is 24.4. The fraction of sp³-hybridized carbons (Fsp3) is 0.154. The van der Waals surface area contributed by atoms with Crippen LogP contribution < -0.4 is 4.90 Å². The van der Waals surface area contributed by atoms with E-state index in [0.717, 1.165) is 0 Å². The Bertz CT molecular complexity index is 1320. The summed E-state index contributed by atoms with van der Waals surface area (Å²) < 4.78 is 4.97. The van der Waals surface area contributed by atoms with Crippen molar-refractivity contribution in [3.8, 4) is 0 Å². The molecule has 1 atom stereocenters. The van der Waals surface area contributed by atoms with Crippen molar-refractivity contribution in [2.45, 2.75) is 19.4 Å². The lowest BCUT2D eigenvalue weighted by molar-refractivity contribution is -0.142. The van der Waals surface area contributed by atoms with Crippen molar-refractivity contribution in [3.05, 3.63) is 99.3 Å². The number of ether oxygens (including phenoxy) is 1. The maximum atomic E-state index is 13.2. The summed E-state index contributed by atoms with van der Waals surface area (Å²) >= 11 is 12.1. The summed E-state index contributed by atoms with van der Waals surface area (Å²) in [4.78, 5) is 43.6. The van der Waals surface area contributed by atoms with Crippen LogP contribution in [0.1, 0.15) is 29.7 Å². The number of nitrogens with zero attached hydrogens (tertiary/aromatic N) is 2. The van der Waals surface area contributed by atoms with Gasteiger partial charge in [-0.25, -0.2) is 0 Å². The molecule has 178 valence electrons. The number of Topliss-reactive ketones (excluding diaryl/α,β-unsaturated/α-hetero) is 1. The molecule has 1 aliphatic rings. The Balaban J connectivity index is 1.80. The molecule has 0 radical (unpaired) electrons. The Morgan fingerprint density at radius 1 is 1.09 bits per heavy atom. The maximum absolute atomic E-state index is 13.2. The van der Waals surface area contributed by atoms with E-state index in [1.807, 2.05) is 0 Å². The van der Waals surface area contributed by atoms with Crippen LogP contribution in [0.5, 0.6) is 0 Å². The van der Waals surface area contributed by atoms with Gasteiger partial charge in [0.25, 0.3) is 11.7 Å². The molecular weight excluding hydrogens is 491 g/mol. The zero-order chi connectivity index (χ0) is 25.1. The summed E-state index contributed by atoms with van der Waals surface area (Å²) in [6.07, 6.45) is 3.18. The van der Waals surface area contributed by atoms with Gasteiger partial charge in [-0.15, -0.1) is 0 Å². The molecule has 7 nitrogen and oxygen atoms in total. The van der Waals surface area contributed by atoms with Gasteiger partial charge in [-0.05, 0) is 54.4 Å². The van der Waals surface area contributed by atoms with Crippen molar-refractivity contribution in [3.63, 3.8) is 0 Å². The lowest BCUT2D eigenvalue weighted by Crippen LogP contribution is -2.29. The highest BCUT2D eigenvalue weighted by Gasteiger charge is 2.47. The van der Waals surface area contributed by atoms with Crippen molar-refractivity contribution < 1.29 is 24.2 Å². The number of carbonyl (C=O) groups is 3. The van der Waals surface area contributed by atoms with Crippen LogP contribution >= 0.6 is 23.2 Å². The number of aliphatic hydroxyl groups is 1. The molecule has 1 amide bonds. The first-order chi connectivity index (χ1) is 16.8.